The number of hydrogen-bond donors (Lipinski definition) is 0. The Bertz CT molecular complexity index is 658. The summed E-state index contributed by atoms with van der Waals surface area (Å²) in [6, 6.07) is 8.65. The molecular formula is C18H24N4+2. The van der Waals surface area contributed by atoms with Crippen molar-refractivity contribution in [3.8, 4) is 11.4 Å². The first-order valence-electron chi connectivity index (χ1n) is 8.05. The Balaban J connectivity index is 1.79. The van der Waals surface area contributed by atoms with Gasteiger partial charge in [0.2, 0.25) is 12.7 Å². The van der Waals surface area contributed by atoms with Crippen molar-refractivity contribution in [2.75, 3.05) is 0 Å². The van der Waals surface area contributed by atoms with Crippen LogP contribution in [0.4, 0.5) is 0 Å². The number of aryl methyl sites for hydroxylation is 2. The highest BCUT2D eigenvalue weighted by molar-refractivity contribution is 5.41. The molecule has 0 N–H and O–H groups in total. The van der Waals surface area contributed by atoms with E-state index in [-0.39, 0.29) is 0 Å². The van der Waals surface area contributed by atoms with Gasteiger partial charge in [-0.1, -0.05) is 13.8 Å². The molecule has 2 aromatic heterocycles. The summed E-state index contributed by atoms with van der Waals surface area (Å²) < 4.78 is 8.75. The predicted octanol–water partition coefficient (Wildman–Crippen LogP) is 2.66. The maximum atomic E-state index is 2.22. The molecule has 0 bridgehead atoms. The minimum atomic E-state index is 1.06. The van der Waals surface area contributed by atoms with E-state index >= 15 is 0 Å². The summed E-state index contributed by atoms with van der Waals surface area (Å²) in [5.41, 5.74) is 2.37. The van der Waals surface area contributed by atoms with E-state index in [0.717, 1.165) is 25.9 Å². The fourth-order valence-electron chi connectivity index (χ4n) is 2.67. The maximum absolute atomic E-state index is 2.22. The zero-order valence-electron chi connectivity index (χ0n) is 13.4. The molecule has 22 heavy (non-hydrogen) atoms. The highest BCUT2D eigenvalue weighted by Crippen LogP contribution is 2.12. The summed E-state index contributed by atoms with van der Waals surface area (Å²) in [4.78, 5) is 0. The fourth-order valence-corrected chi connectivity index (χ4v) is 2.67. The van der Waals surface area contributed by atoms with E-state index in [4.69, 9.17) is 0 Å². The number of rotatable bonds is 6. The van der Waals surface area contributed by atoms with Crippen LogP contribution in [0.2, 0.25) is 0 Å². The third kappa shape index (κ3) is 3.11. The second kappa shape index (κ2) is 6.60. The molecule has 0 aliphatic rings. The normalized spacial score (nSPS) is 11.0. The van der Waals surface area contributed by atoms with Gasteiger partial charge in [0.05, 0.1) is 13.1 Å². The van der Waals surface area contributed by atoms with Crippen LogP contribution in [0.5, 0.6) is 0 Å². The van der Waals surface area contributed by atoms with E-state index in [0.29, 0.717) is 0 Å². The number of imidazole rings is 2. The lowest BCUT2D eigenvalue weighted by Gasteiger charge is -1.98. The summed E-state index contributed by atoms with van der Waals surface area (Å²) in [7, 11) is 0. The zero-order chi connectivity index (χ0) is 15.4. The monoisotopic (exact) mass is 296 g/mol. The third-order valence-corrected chi connectivity index (χ3v) is 3.79. The van der Waals surface area contributed by atoms with Crippen molar-refractivity contribution in [1.29, 1.82) is 0 Å². The molecule has 0 unspecified atom stereocenters. The fraction of sp³-hybridized carbons (Fsp3) is 0.333. The molecule has 114 valence electrons. The SMILES string of the molecule is CCC[n+]1ccn(-c2ccc(-n3cc[n+](CCC)c3)cc2)c1. The Kier molecular flexibility index (Phi) is 4.37. The Morgan fingerprint density at radius 2 is 1.14 bits per heavy atom. The topological polar surface area (TPSA) is 17.6 Å². The molecule has 0 aliphatic heterocycles. The van der Waals surface area contributed by atoms with Gasteiger partial charge < -0.3 is 0 Å². The average molecular weight is 296 g/mol. The number of aromatic nitrogens is 4. The van der Waals surface area contributed by atoms with Gasteiger partial charge in [-0.2, -0.15) is 0 Å². The Morgan fingerprint density at radius 3 is 1.50 bits per heavy atom. The molecule has 1 aromatic carbocycles. The van der Waals surface area contributed by atoms with Gasteiger partial charge in [-0.15, -0.1) is 0 Å². The molecule has 0 radical (unpaired) electrons. The van der Waals surface area contributed by atoms with E-state index in [2.05, 4.69) is 93.8 Å². The molecule has 0 saturated heterocycles. The van der Waals surface area contributed by atoms with Crippen LogP contribution in [0, 0.1) is 0 Å². The predicted molar refractivity (Wildman–Crippen MR) is 86.1 cm³/mol. The van der Waals surface area contributed by atoms with Gasteiger partial charge in [0.15, 0.2) is 0 Å². The van der Waals surface area contributed by atoms with Crippen molar-refractivity contribution in [1.82, 2.24) is 9.13 Å². The maximum Gasteiger partial charge on any atom is 0.248 e. The summed E-state index contributed by atoms with van der Waals surface area (Å²) >= 11 is 0. The number of hydrogen-bond acceptors (Lipinski definition) is 0. The second-order valence-corrected chi connectivity index (χ2v) is 5.63. The molecule has 0 fully saturated rings. The van der Waals surface area contributed by atoms with Crippen LogP contribution in [-0.4, -0.2) is 9.13 Å². The van der Waals surface area contributed by atoms with Gasteiger partial charge in [-0.05, 0) is 37.1 Å². The van der Waals surface area contributed by atoms with E-state index in [1.807, 2.05) is 0 Å². The van der Waals surface area contributed by atoms with Crippen molar-refractivity contribution in [2.45, 2.75) is 39.8 Å². The van der Waals surface area contributed by atoms with Gasteiger partial charge in [0, 0.05) is 0 Å². The molecule has 3 aromatic rings. The molecule has 0 aliphatic carbocycles. The quantitative estimate of drug-likeness (QED) is 0.622. The van der Waals surface area contributed by atoms with Crippen molar-refractivity contribution < 1.29 is 9.13 Å². The Labute approximate surface area is 131 Å². The van der Waals surface area contributed by atoms with Gasteiger partial charge >= 0.3 is 0 Å². The molecule has 0 spiro atoms. The van der Waals surface area contributed by atoms with E-state index in [9.17, 15) is 0 Å². The van der Waals surface area contributed by atoms with Gasteiger partial charge in [0.1, 0.15) is 36.2 Å². The lowest BCUT2D eigenvalue weighted by Crippen LogP contribution is -2.30. The van der Waals surface area contributed by atoms with Crippen molar-refractivity contribution in [3.63, 3.8) is 0 Å². The minimum Gasteiger partial charge on any atom is -0.236 e. The average Bonchev–Trinajstić information content (AvgIpc) is 3.18. The molecule has 0 saturated carbocycles. The van der Waals surface area contributed by atoms with Crippen molar-refractivity contribution >= 4 is 0 Å². The van der Waals surface area contributed by atoms with Crippen LogP contribution in [0.3, 0.4) is 0 Å². The van der Waals surface area contributed by atoms with Crippen molar-refractivity contribution in [2.24, 2.45) is 0 Å². The summed E-state index contributed by atoms with van der Waals surface area (Å²) in [6.07, 6.45) is 15.0. The first-order chi connectivity index (χ1) is 10.8. The smallest absolute Gasteiger partial charge is 0.236 e. The molecule has 0 atom stereocenters. The highest BCUT2D eigenvalue weighted by Gasteiger charge is 2.09. The van der Waals surface area contributed by atoms with E-state index in [1.165, 1.54) is 11.4 Å². The van der Waals surface area contributed by atoms with Crippen molar-refractivity contribution in [3.05, 3.63) is 61.7 Å². The zero-order valence-corrected chi connectivity index (χ0v) is 13.4. The van der Waals surface area contributed by atoms with Crippen LogP contribution in [0.1, 0.15) is 26.7 Å². The van der Waals surface area contributed by atoms with Gasteiger partial charge in [0.25, 0.3) is 0 Å². The highest BCUT2D eigenvalue weighted by atomic mass is 15.1. The molecule has 2 heterocycles. The van der Waals surface area contributed by atoms with Gasteiger partial charge in [-0.25, -0.2) is 18.3 Å². The van der Waals surface area contributed by atoms with Crippen LogP contribution in [-0.2, 0) is 13.1 Å². The first-order valence-corrected chi connectivity index (χ1v) is 8.05. The largest absolute Gasteiger partial charge is 0.248 e. The lowest BCUT2D eigenvalue weighted by molar-refractivity contribution is -0.696. The number of benzene rings is 1. The Morgan fingerprint density at radius 1 is 0.727 bits per heavy atom. The lowest BCUT2D eigenvalue weighted by atomic mass is 10.3. The standard InChI is InChI=1S/C18H24N4/c1-3-9-19-11-13-21(15-19)17-5-7-18(8-6-17)22-14-12-20(16-22)10-4-2/h5-8,11-16H,3-4,9-10H2,1-2H3/q+2. The second-order valence-electron chi connectivity index (χ2n) is 5.63. The summed E-state index contributed by atoms with van der Waals surface area (Å²) in [6.45, 7) is 6.51. The minimum absolute atomic E-state index is 1.06. The third-order valence-electron chi connectivity index (χ3n) is 3.79. The molecular weight excluding hydrogens is 272 g/mol. The summed E-state index contributed by atoms with van der Waals surface area (Å²) in [5.74, 6) is 0. The molecule has 0 amide bonds. The number of nitrogens with zero attached hydrogens (tertiary/aromatic N) is 4. The first kappa shape index (κ1) is 14.6. The Hall–Kier alpha value is -2.36. The van der Waals surface area contributed by atoms with Gasteiger partial charge in [-0.3, -0.25) is 0 Å². The molecule has 4 heteroatoms. The van der Waals surface area contributed by atoms with Crippen LogP contribution in [0.15, 0.2) is 61.7 Å². The summed E-state index contributed by atoms with van der Waals surface area (Å²) in [5, 5.41) is 0. The van der Waals surface area contributed by atoms with Crippen LogP contribution < -0.4 is 9.13 Å². The molecule has 4 nitrogen and oxygen atoms in total. The van der Waals surface area contributed by atoms with E-state index < -0.39 is 0 Å². The van der Waals surface area contributed by atoms with Crippen LogP contribution >= 0.6 is 0 Å². The van der Waals surface area contributed by atoms with E-state index in [1.54, 1.807) is 0 Å². The van der Waals surface area contributed by atoms with Crippen LogP contribution in [0.25, 0.3) is 11.4 Å². The molecule has 3 rings (SSSR count).